The number of para-hydroxylation sites is 2. The highest BCUT2D eigenvalue weighted by atomic mass is 32.1. The Balaban J connectivity index is 2.11. The largest absolute Gasteiger partial charge is 0.492 e. The Bertz CT molecular complexity index is 1380. The molecular formula is C27H29N3O4S. The number of hydrogen-bond donors (Lipinski definition) is 1. The topological polar surface area (TPSA) is 93.4 Å². The zero-order valence-corrected chi connectivity index (χ0v) is 21.0. The maximum absolute atomic E-state index is 13.3. The van der Waals surface area contributed by atoms with Gasteiger partial charge < -0.3 is 14.8 Å². The Labute approximate surface area is 208 Å². The summed E-state index contributed by atoms with van der Waals surface area (Å²) in [5.41, 5.74) is 2.17. The Hall–Kier alpha value is -3.67. The Morgan fingerprint density at radius 3 is 2.57 bits per heavy atom. The Kier molecular flexibility index (Phi) is 9.41. The quantitative estimate of drug-likeness (QED) is 0.440. The zero-order valence-electron chi connectivity index (χ0n) is 20.2. The third-order valence-corrected chi connectivity index (χ3v) is 6.44. The fourth-order valence-corrected chi connectivity index (χ4v) is 4.63. The smallest absolute Gasteiger partial charge is 0.269 e. The van der Waals surface area contributed by atoms with Gasteiger partial charge in [-0.1, -0.05) is 43.3 Å². The van der Waals surface area contributed by atoms with Gasteiger partial charge in [-0.2, -0.15) is 5.26 Å². The number of hydrogen-bond acceptors (Lipinski definition) is 6. The average molecular weight is 492 g/mol. The first kappa shape index (κ1) is 25.9. The molecule has 3 aromatic rings. The molecule has 0 aliphatic heterocycles. The maximum Gasteiger partial charge on any atom is 0.269 e. The molecule has 1 heterocycles. The normalized spacial score (nSPS) is 12.2. The molecule has 1 aromatic heterocycles. The van der Waals surface area contributed by atoms with Crippen LogP contribution in [0.3, 0.4) is 0 Å². The predicted molar refractivity (Wildman–Crippen MR) is 139 cm³/mol. The van der Waals surface area contributed by atoms with E-state index < -0.39 is 5.91 Å². The minimum atomic E-state index is -0.597. The summed E-state index contributed by atoms with van der Waals surface area (Å²) in [6.07, 6.45) is 3.29. The summed E-state index contributed by atoms with van der Waals surface area (Å²) in [6.45, 7) is 5.15. The highest BCUT2D eigenvalue weighted by molar-refractivity contribution is 7.07. The number of amides is 1. The molecule has 0 fully saturated rings. The number of anilines is 1. The molecule has 2 aromatic carbocycles. The van der Waals surface area contributed by atoms with Crippen molar-refractivity contribution < 1.29 is 14.3 Å². The van der Waals surface area contributed by atoms with Crippen molar-refractivity contribution in [1.82, 2.24) is 4.57 Å². The second kappa shape index (κ2) is 12.7. The van der Waals surface area contributed by atoms with Gasteiger partial charge in [0.05, 0.1) is 16.8 Å². The summed E-state index contributed by atoms with van der Waals surface area (Å²) in [6, 6.07) is 17.0. The molecule has 182 valence electrons. The number of carbonyl (C=O) groups is 1. The van der Waals surface area contributed by atoms with Gasteiger partial charge in [-0.05, 0) is 49.1 Å². The van der Waals surface area contributed by atoms with Crippen LogP contribution >= 0.6 is 11.3 Å². The van der Waals surface area contributed by atoms with Crippen LogP contribution < -0.4 is 24.8 Å². The van der Waals surface area contributed by atoms with Gasteiger partial charge in [0.1, 0.15) is 16.5 Å². The summed E-state index contributed by atoms with van der Waals surface area (Å²) in [5.74, 6) is -0.0888. The van der Waals surface area contributed by atoms with E-state index in [1.54, 1.807) is 37.5 Å². The molecule has 0 radical (unpaired) electrons. The van der Waals surface area contributed by atoms with Crippen molar-refractivity contribution in [3.63, 3.8) is 0 Å². The van der Waals surface area contributed by atoms with E-state index >= 15 is 0 Å². The van der Waals surface area contributed by atoms with E-state index in [0.29, 0.717) is 46.8 Å². The number of aromatic nitrogens is 1. The number of carbonyl (C=O) groups excluding carboxylic acids is 1. The van der Waals surface area contributed by atoms with E-state index in [4.69, 9.17) is 9.47 Å². The number of benzene rings is 2. The second-order valence-corrected chi connectivity index (χ2v) is 8.71. The van der Waals surface area contributed by atoms with Crippen molar-refractivity contribution in [1.29, 1.82) is 5.26 Å². The van der Waals surface area contributed by atoms with Crippen LogP contribution in [0.5, 0.6) is 5.75 Å². The van der Waals surface area contributed by atoms with Crippen molar-refractivity contribution in [2.75, 3.05) is 25.6 Å². The van der Waals surface area contributed by atoms with Gasteiger partial charge in [0, 0.05) is 20.3 Å². The number of nitrogens with zero attached hydrogens (tertiary/aromatic N) is 2. The van der Waals surface area contributed by atoms with E-state index in [1.165, 1.54) is 10.1 Å². The second-order valence-electron chi connectivity index (χ2n) is 7.68. The molecule has 1 N–H and O–H groups in total. The Morgan fingerprint density at radius 2 is 1.91 bits per heavy atom. The molecule has 0 saturated carbocycles. The first-order valence-corrected chi connectivity index (χ1v) is 12.3. The zero-order chi connectivity index (χ0) is 25.2. The van der Waals surface area contributed by atoms with Crippen molar-refractivity contribution >= 4 is 34.6 Å². The number of methoxy groups -OCH3 is 1. The van der Waals surface area contributed by atoms with Crippen LogP contribution in [0.2, 0.25) is 0 Å². The molecule has 35 heavy (non-hydrogen) atoms. The lowest BCUT2D eigenvalue weighted by Gasteiger charge is -2.11. The summed E-state index contributed by atoms with van der Waals surface area (Å²) in [4.78, 5) is 26.4. The van der Waals surface area contributed by atoms with Crippen molar-refractivity contribution in [3.8, 4) is 11.8 Å². The highest BCUT2D eigenvalue weighted by Gasteiger charge is 2.17. The molecule has 0 saturated heterocycles. The minimum absolute atomic E-state index is 0.128. The molecule has 1 amide bonds. The van der Waals surface area contributed by atoms with E-state index in [1.807, 2.05) is 37.3 Å². The molecular weight excluding hydrogens is 462 g/mol. The standard InChI is InChI=1S/C27H29N3O4S/c1-4-19-11-13-20(14-12-19)17-24-26(32)30(15-8-16-33-3)27(35-24)21(18-28)25(31)29-22-9-6-7-10-23(22)34-5-2/h6-7,9-14,17H,4-5,8,15-16H2,1-3H3,(H,29,31)/b24-17-,27-21-. The highest BCUT2D eigenvalue weighted by Crippen LogP contribution is 2.24. The number of aryl methyl sites for hydroxylation is 1. The fourth-order valence-electron chi connectivity index (χ4n) is 3.51. The Morgan fingerprint density at radius 1 is 1.17 bits per heavy atom. The summed E-state index contributed by atoms with van der Waals surface area (Å²) >= 11 is 1.14. The summed E-state index contributed by atoms with van der Waals surface area (Å²) in [5, 5.41) is 12.7. The SMILES string of the molecule is CCOc1ccccc1NC(=O)/C(C#N)=c1\s/c(=C\c2ccc(CC)cc2)c(=O)n1CCCOC. The molecule has 0 spiro atoms. The van der Waals surface area contributed by atoms with Crippen LogP contribution in [-0.2, 0) is 22.5 Å². The third kappa shape index (κ3) is 6.47. The average Bonchev–Trinajstić information content (AvgIpc) is 3.16. The van der Waals surface area contributed by atoms with E-state index in [2.05, 4.69) is 12.2 Å². The van der Waals surface area contributed by atoms with E-state index in [-0.39, 0.29) is 11.1 Å². The van der Waals surface area contributed by atoms with Crippen molar-refractivity contribution in [2.45, 2.75) is 33.2 Å². The predicted octanol–water partition coefficient (Wildman–Crippen LogP) is 3.05. The fraction of sp³-hybridized carbons (Fsp3) is 0.296. The number of rotatable bonds is 10. The van der Waals surface area contributed by atoms with Crippen molar-refractivity contribution in [2.24, 2.45) is 0 Å². The molecule has 0 aliphatic carbocycles. The van der Waals surface area contributed by atoms with Crippen LogP contribution in [0.4, 0.5) is 5.69 Å². The van der Waals surface area contributed by atoms with Crippen LogP contribution in [-0.4, -0.2) is 30.8 Å². The molecule has 3 rings (SSSR count). The van der Waals surface area contributed by atoms with Gasteiger partial charge in [-0.15, -0.1) is 11.3 Å². The number of thiazole rings is 1. The molecule has 8 heteroatoms. The van der Waals surface area contributed by atoms with Crippen LogP contribution in [0.15, 0.2) is 53.3 Å². The van der Waals surface area contributed by atoms with Gasteiger partial charge in [0.25, 0.3) is 11.5 Å². The minimum Gasteiger partial charge on any atom is -0.492 e. The monoisotopic (exact) mass is 491 g/mol. The summed E-state index contributed by atoms with van der Waals surface area (Å²) < 4.78 is 13.0. The first-order chi connectivity index (χ1) is 17.0. The van der Waals surface area contributed by atoms with Crippen LogP contribution in [0, 0.1) is 11.3 Å². The van der Waals surface area contributed by atoms with Crippen LogP contribution in [0.1, 0.15) is 31.4 Å². The number of ether oxygens (including phenoxy) is 2. The van der Waals surface area contributed by atoms with Crippen LogP contribution in [0.25, 0.3) is 11.6 Å². The van der Waals surface area contributed by atoms with Gasteiger partial charge in [0.2, 0.25) is 0 Å². The molecule has 0 aliphatic rings. The number of nitrogens with one attached hydrogen (secondary N) is 1. The molecule has 0 unspecified atom stereocenters. The van der Waals surface area contributed by atoms with E-state index in [0.717, 1.165) is 23.3 Å². The van der Waals surface area contributed by atoms with Gasteiger partial charge in [-0.25, -0.2) is 0 Å². The molecule has 0 atom stereocenters. The lowest BCUT2D eigenvalue weighted by molar-refractivity contribution is -0.111. The van der Waals surface area contributed by atoms with Gasteiger partial charge in [0.15, 0.2) is 5.57 Å². The molecule has 7 nitrogen and oxygen atoms in total. The molecule has 0 bridgehead atoms. The third-order valence-electron chi connectivity index (χ3n) is 5.31. The maximum atomic E-state index is 13.3. The lowest BCUT2D eigenvalue weighted by Crippen LogP contribution is -2.34. The van der Waals surface area contributed by atoms with Crippen molar-refractivity contribution in [3.05, 3.63) is 79.2 Å². The number of nitriles is 1. The van der Waals surface area contributed by atoms with Gasteiger partial charge in [-0.3, -0.25) is 14.2 Å². The summed E-state index contributed by atoms with van der Waals surface area (Å²) in [7, 11) is 1.59. The van der Waals surface area contributed by atoms with E-state index in [9.17, 15) is 14.9 Å². The van der Waals surface area contributed by atoms with Gasteiger partial charge >= 0.3 is 0 Å². The lowest BCUT2D eigenvalue weighted by atomic mass is 10.1. The first-order valence-electron chi connectivity index (χ1n) is 11.5.